The molecule has 1 N–H and O–H groups in total. The van der Waals surface area contributed by atoms with Gasteiger partial charge in [0.1, 0.15) is 0 Å². The lowest BCUT2D eigenvalue weighted by molar-refractivity contribution is -0.138. The van der Waals surface area contributed by atoms with Gasteiger partial charge in [-0.1, -0.05) is 55.8 Å². The lowest BCUT2D eigenvalue weighted by Gasteiger charge is -2.53. The molecule has 1 amide bonds. The molecule has 0 radical (unpaired) electrons. The molecule has 1 saturated carbocycles. The molecular formula is C28H36N2O3S. The molecule has 2 aromatic carbocycles. The van der Waals surface area contributed by atoms with E-state index in [2.05, 4.69) is 16.5 Å². The van der Waals surface area contributed by atoms with E-state index in [0.717, 1.165) is 69.0 Å². The number of benzene rings is 2. The van der Waals surface area contributed by atoms with E-state index in [1.165, 1.54) is 0 Å². The van der Waals surface area contributed by atoms with Crippen LogP contribution in [0.1, 0.15) is 64.7 Å². The first-order valence-electron chi connectivity index (χ1n) is 12.9. The second kappa shape index (κ2) is 9.46. The number of amides is 1. The van der Waals surface area contributed by atoms with Crippen LogP contribution in [0.25, 0.3) is 11.1 Å². The van der Waals surface area contributed by atoms with E-state index in [-0.39, 0.29) is 17.5 Å². The summed E-state index contributed by atoms with van der Waals surface area (Å²) in [6, 6.07) is 17.1. The van der Waals surface area contributed by atoms with Gasteiger partial charge in [0, 0.05) is 24.5 Å². The Kier molecular flexibility index (Phi) is 6.56. The maximum Gasteiger partial charge on any atom is 0.240 e. The van der Waals surface area contributed by atoms with Crippen LogP contribution in [-0.4, -0.2) is 37.4 Å². The summed E-state index contributed by atoms with van der Waals surface area (Å²) in [5, 5.41) is 0. The van der Waals surface area contributed by atoms with Gasteiger partial charge in [-0.2, -0.15) is 0 Å². The second-order valence-corrected chi connectivity index (χ2v) is 12.1. The monoisotopic (exact) mass is 480 g/mol. The van der Waals surface area contributed by atoms with Crippen LogP contribution in [0.15, 0.2) is 59.5 Å². The fraction of sp³-hybridized carbons (Fsp3) is 0.536. The summed E-state index contributed by atoms with van der Waals surface area (Å²) in [5.41, 5.74) is 2.03. The molecule has 1 aliphatic carbocycles. The number of nitrogens with one attached hydrogen (secondary N) is 1. The summed E-state index contributed by atoms with van der Waals surface area (Å²) in [4.78, 5) is 15.4. The molecule has 0 bridgehead atoms. The van der Waals surface area contributed by atoms with Crippen LogP contribution in [0.5, 0.6) is 0 Å². The van der Waals surface area contributed by atoms with Gasteiger partial charge in [0.2, 0.25) is 15.9 Å². The van der Waals surface area contributed by atoms with Gasteiger partial charge >= 0.3 is 0 Å². The van der Waals surface area contributed by atoms with Gasteiger partial charge in [-0.25, -0.2) is 13.1 Å². The first kappa shape index (κ1) is 23.6. The predicted molar refractivity (Wildman–Crippen MR) is 135 cm³/mol. The minimum Gasteiger partial charge on any atom is -0.337 e. The van der Waals surface area contributed by atoms with Crippen molar-refractivity contribution in [3.63, 3.8) is 0 Å². The quantitative estimate of drug-likeness (QED) is 0.604. The van der Waals surface area contributed by atoms with Crippen LogP contribution in [0.4, 0.5) is 0 Å². The van der Waals surface area contributed by atoms with E-state index in [4.69, 9.17) is 0 Å². The number of nitrogens with zero attached hydrogens (tertiary/aromatic N) is 1. The minimum atomic E-state index is -3.62. The molecule has 5 nitrogen and oxygen atoms in total. The van der Waals surface area contributed by atoms with Crippen molar-refractivity contribution in [1.82, 2.24) is 9.62 Å². The van der Waals surface area contributed by atoms with Crippen molar-refractivity contribution >= 4 is 15.9 Å². The fourth-order valence-corrected chi connectivity index (χ4v) is 8.42. The highest BCUT2D eigenvalue weighted by Crippen LogP contribution is 2.52. The van der Waals surface area contributed by atoms with Gasteiger partial charge in [-0.3, -0.25) is 4.79 Å². The van der Waals surface area contributed by atoms with E-state index < -0.39 is 10.0 Å². The molecule has 2 aliphatic heterocycles. The largest absolute Gasteiger partial charge is 0.337 e. The van der Waals surface area contributed by atoms with Crippen molar-refractivity contribution in [1.29, 1.82) is 0 Å². The van der Waals surface area contributed by atoms with Gasteiger partial charge in [0.05, 0.1) is 4.90 Å². The molecule has 3 fully saturated rings. The average Bonchev–Trinajstić information content (AvgIpc) is 3.22. The van der Waals surface area contributed by atoms with Gasteiger partial charge in [-0.15, -0.1) is 0 Å². The SMILES string of the molecule is CCC[C@H]1[C@@H](NS(=O)(=O)c2ccc(-c3ccccc3)cc2)CC[C@@]23CCCN2C(=O)CCC[C@@H]13. The molecule has 2 saturated heterocycles. The molecule has 4 atom stereocenters. The smallest absolute Gasteiger partial charge is 0.240 e. The number of rotatable bonds is 6. The Labute approximate surface area is 204 Å². The van der Waals surface area contributed by atoms with Gasteiger partial charge in [0.15, 0.2) is 0 Å². The lowest BCUT2D eigenvalue weighted by Crippen LogP contribution is -2.60. The number of carbonyl (C=O) groups excluding carboxylic acids is 1. The molecule has 2 heterocycles. The summed E-state index contributed by atoms with van der Waals surface area (Å²) in [6.07, 6.45) is 8.45. The Morgan fingerprint density at radius 1 is 0.971 bits per heavy atom. The summed E-state index contributed by atoms with van der Waals surface area (Å²) < 4.78 is 30.0. The molecule has 2 aromatic rings. The zero-order valence-electron chi connectivity index (χ0n) is 20.1. The molecule has 3 aliphatic rings. The number of sulfonamides is 1. The van der Waals surface area contributed by atoms with E-state index in [1.54, 1.807) is 12.1 Å². The zero-order chi connectivity index (χ0) is 23.8. The summed E-state index contributed by atoms with van der Waals surface area (Å²) in [7, 11) is -3.62. The maximum absolute atomic E-state index is 13.4. The van der Waals surface area contributed by atoms with Crippen LogP contribution in [-0.2, 0) is 14.8 Å². The van der Waals surface area contributed by atoms with E-state index >= 15 is 0 Å². The summed E-state index contributed by atoms with van der Waals surface area (Å²) in [5.74, 6) is 0.958. The predicted octanol–water partition coefficient (Wildman–Crippen LogP) is 5.37. The van der Waals surface area contributed by atoms with Crippen LogP contribution >= 0.6 is 0 Å². The number of hydrogen-bond acceptors (Lipinski definition) is 3. The fourth-order valence-electron chi connectivity index (χ4n) is 7.10. The second-order valence-electron chi connectivity index (χ2n) is 10.4. The van der Waals surface area contributed by atoms with E-state index in [0.29, 0.717) is 23.1 Å². The van der Waals surface area contributed by atoms with Crippen molar-refractivity contribution in [3.05, 3.63) is 54.6 Å². The van der Waals surface area contributed by atoms with E-state index in [9.17, 15) is 13.2 Å². The molecule has 1 spiro atoms. The number of carbonyl (C=O) groups is 1. The molecular weight excluding hydrogens is 444 g/mol. The van der Waals surface area contributed by atoms with Crippen molar-refractivity contribution in [2.75, 3.05) is 6.54 Å². The molecule has 5 rings (SSSR count). The number of hydrogen-bond donors (Lipinski definition) is 1. The van der Waals surface area contributed by atoms with Crippen molar-refractivity contribution in [2.24, 2.45) is 11.8 Å². The van der Waals surface area contributed by atoms with Crippen molar-refractivity contribution < 1.29 is 13.2 Å². The molecule has 6 heteroatoms. The van der Waals surface area contributed by atoms with Gasteiger partial charge in [-0.05, 0) is 80.0 Å². The first-order chi connectivity index (χ1) is 16.4. The summed E-state index contributed by atoms with van der Waals surface area (Å²) in [6.45, 7) is 3.06. The third-order valence-electron chi connectivity index (χ3n) is 8.55. The maximum atomic E-state index is 13.4. The Morgan fingerprint density at radius 3 is 2.44 bits per heavy atom. The molecule has 0 aromatic heterocycles. The van der Waals surface area contributed by atoms with Crippen LogP contribution in [0.2, 0.25) is 0 Å². The highest BCUT2D eigenvalue weighted by molar-refractivity contribution is 7.89. The average molecular weight is 481 g/mol. The first-order valence-corrected chi connectivity index (χ1v) is 14.4. The van der Waals surface area contributed by atoms with Crippen LogP contribution in [0, 0.1) is 11.8 Å². The third-order valence-corrected chi connectivity index (χ3v) is 10.1. The summed E-state index contributed by atoms with van der Waals surface area (Å²) >= 11 is 0. The highest BCUT2D eigenvalue weighted by atomic mass is 32.2. The van der Waals surface area contributed by atoms with Gasteiger partial charge < -0.3 is 4.90 Å². The molecule has 182 valence electrons. The van der Waals surface area contributed by atoms with Crippen LogP contribution in [0.3, 0.4) is 0 Å². The Morgan fingerprint density at radius 2 is 1.71 bits per heavy atom. The van der Waals surface area contributed by atoms with Crippen LogP contribution < -0.4 is 4.72 Å². The minimum absolute atomic E-state index is 0.0489. The molecule has 34 heavy (non-hydrogen) atoms. The van der Waals surface area contributed by atoms with Gasteiger partial charge in [0.25, 0.3) is 0 Å². The Bertz CT molecular complexity index is 1120. The third kappa shape index (κ3) is 4.20. The molecule has 0 unspecified atom stereocenters. The highest BCUT2D eigenvalue weighted by Gasteiger charge is 2.56. The Hall–Kier alpha value is -2.18. The lowest BCUT2D eigenvalue weighted by atomic mass is 9.61. The zero-order valence-corrected chi connectivity index (χ0v) is 20.9. The van der Waals surface area contributed by atoms with E-state index in [1.807, 2.05) is 42.5 Å². The normalized spacial score (nSPS) is 29.4. The van der Waals surface area contributed by atoms with Crippen molar-refractivity contribution in [3.8, 4) is 11.1 Å². The topological polar surface area (TPSA) is 66.5 Å². The van der Waals surface area contributed by atoms with Crippen molar-refractivity contribution in [2.45, 2.75) is 81.2 Å². The Balaban J connectivity index is 1.39. The standard InChI is InChI=1S/C28H36N2O3S/c1-2-8-24-25-11-6-12-27(31)30-20-7-18-28(25,30)19-17-26(24)29-34(32,33)23-15-13-22(14-16-23)21-9-4-3-5-10-21/h3-5,9-10,13-16,24-26,29H,2,6-8,11-12,17-20H2,1H3/t24-,25+,26+,28-/m1/s1.